The molecule has 3 aromatic rings. The van der Waals surface area contributed by atoms with Crippen LogP contribution < -0.4 is 24.7 Å². The summed E-state index contributed by atoms with van der Waals surface area (Å²) < 4.78 is 237. The van der Waals surface area contributed by atoms with Crippen LogP contribution in [0.4, 0.5) is 107 Å². The van der Waals surface area contributed by atoms with E-state index in [1.807, 2.05) is 0 Å². The van der Waals surface area contributed by atoms with Crippen LogP contribution >= 0.6 is 0 Å². The van der Waals surface area contributed by atoms with Gasteiger partial charge in [0.05, 0.1) is 18.7 Å². The van der Waals surface area contributed by atoms with Crippen LogP contribution in [0.3, 0.4) is 0 Å². The Hall–Kier alpha value is -5.19. The highest BCUT2D eigenvalue weighted by molar-refractivity contribution is 5.99. The Kier molecular flexibility index (Phi) is 11.4. The van der Waals surface area contributed by atoms with Crippen LogP contribution in [0.15, 0.2) is 78.9 Å². The zero-order chi connectivity index (χ0) is 41.5. The normalized spacial score (nSPS) is 13.7. The lowest BCUT2D eigenvalue weighted by molar-refractivity contribution is -0.461. The lowest BCUT2D eigenvalue weighted by atomic mass is 9.88. The number of anilines is 4. The van der Waals surface area contributed by atoms with Gasteiger partial charge in [0.2, 0.25) is 0 Å². The summed E-state index contributed by atoms with van der Waals surface area (Å²) in [6, 6.07) is 14.4. The minimum Gasteiger partial charge on any atom is -0.529 e. The average Bonchev–Trinajstić information content (AvgIpc) is 3.05. The second kappa shape index (κ2) is 14.2. The highest BCUT2D eigenvalue weighted by Crippen LogP contribution is 2.64. The maximum absolute atomic E-state index is 14.5. The zero-order valence-electron chi connectivity index (χ0n) is 25.8. The topological polar surface area (TPSA) is 96.0 Å². The van der Waals surface area contributed by atoms with Crippen molar-refractivity contribution in [1.29, 1.82) is 0 Å². The molecule has 0 atom stereocenters. The molecule has 3 aromatic carbocycles. The van der Waals surface area contributed by atoms with Crippen molar-refractivity contribution in [3.8, 4) is 5.75 Å². The molecular weight excluding hydrogens is 791 g/mol. The van der Waals surface area contributed by atoms with Gasteiger partial charge >= 0.3 is 47.6 Å². The van der Waals surface area contributed by atoms with E-state index in [1.165, 1.54) is 48.5 Å². The smallest absolute Gasteiger partial charge is 0.460 e. The molecule has 0 aliphatic rings. The van der Waals surface area contributed by atoms with Crippen molar-refractivity contribution < 1.29 is 99.2 Å². The van der Waals surface area contributed by atoms with Crippen molar-refractivity contribution >= 4 is 34.9 Å². The number of carboxylic acid groups (broad SMARTS) is 2. The third-order valence-electron chi connectivity index (χ3n) is 7.30. The summed E-state index contributed by atoms with van der Waals surface area (Å²) in [6.45, 7) is -2.12. The standard InChI is InChI=1S/C30H19F17N2O5/c31-23(32,24(33,34)25(35,36)26(37,38)27(39,40)28(41,42)29(43,44)30(45,46)47)13-14-54-20-12-11-18(48(21(50)51)16-7-3-1-4-8-16)15-19(20)49(22(52)53)17-9-5-2-6-10-17/h1-12,15H,13-14H2,(H,50,51)(H,52,53)/p-2. The predicted octanol–water partition coefficient (Wildman–Crippen LogP) is 8.43. The molecule has 3 rings (SSSR count). The molecule has 0 saturated heterocycles. The lowest BCUT2D eigenvalue weighted by Gasteiger charge is -2.42. The number of halogens is 17. The Balaban J connectivity index is 2.05. The maximum atomic E-state index is 14.5. The van der Waals surface area contributed by atoms with E-state index < -0.39 is 90.0 Å². The average molecular weight is 808 g/mol. The first-order valence-electron chi connectivity index (χ1n) is 14.0. The van der Waals surface area contributed by atoms with E-state index in [4.69, 9.17) is 4.74 Å². The second-order valence-corrected chi connectivity index (χ2v) is 10.8. The largest absolute Gasteiger partial charge is 0.529 e. The first-order valence-corrected chi connectivity index (χ1v) is 14.0. The third kappa shape index (κ3) is 7.08. The Morgan fingerprint density at radius 1 is 0.500 bits per heavy atom. The number of amides is 2. The van der Waals surface area contributed by atoms with Gasteiger partial charge < -0.3 is 24.5 Å². The van der Waals surface area contributed by atoms with E-state index in [-0.39, 0.29) is 16.3 Å². The molecule has 2 amide bonds. The summed E-state index contributed by atoms with van der Waals surface area (Å²) in [4.78, 5) is 24.8. The van der Waals surface area contributed by atoms with Gasteiger partial charge in [0.1, 0.15) is 17.9 Å². The summed E-state index contributed by atoms with van der Waals surface area (Å²) in [5.74, 6) is -58.8. The van der Waals surface area contributed by atoms with Crippen LogP contribution in [0, 0.1) is 0 Å². The van der Waals surface area contributed by atoms with Crippen molar-refractivity contribution in [2.75, 3.05) is 16.4 Å². The maximum Gasteiger partial charge on any atom is 0.460 e. The number of benzene rings is 3. The fourth-order valence-electron chi connectivity index (χ4n) is 4.44. The SMILES string of the molecule is O=C([O-])N(c1ccccc1)c1ccc(OCCC(F)(F)C(F)(F)C(F)(F)C(F)(F)C(F)(F)C(F)(F)C(F)(F)C(F)(F)F)c(N(C(=O)[O-])c2ccccc2)c1. The molecule has 0 aliphatic heterocycles. The van der Waals surface area contributed by atoms with Crippen LogP contribution in [0.2, 0.25) is 0 Å². The summed E-state index contributed by atoms with van der Waals surface area (Å²) in [5, 5.41) is 24.2. The molecule has 0 heterocycles. The van der Waals surface area contributed by atoms with E-state index in [9.17, 15) is 94.4 Å². The van der Waals surface area contributed by atoms with E-state index in [0.717, 1.165) is 18.2 Å². The summed E-state index contributed by atoms with van der Waals surface area (Å²) in [7, 11) is 0. The Labute approximate surface area is 289 Å². The summed E-state index contributed by atoms with van der Waals surface area (Å²) >= 11 is 0. The number of hydrogen-bond donors (Lipinski definition) is 0. The number of carbonyl (C=O) groups is 2. The van der Waals surface area contributed by atoms with E-state index in [2.05, 4.69) is 0 Å². The Bertz CT molecular complexity index is 1810. The van der Waals surface area contributed by atoms with E-state index >= 15 is 0 Å². The second-order valence-electron chi connectivity index (χ2n) is 10.8. The van der Waals surface area contributed by atoms with Gasteiger partial charge in [-0.2, -0.15) is 74.6 Å². The van der Waals surface area contributed by atoms with Crippen LogP contribution in [-0.4, -0.2) is 66.4 Å². The number of carbonyl (C=O) groups excluding carboxylic acids is 2. The fraction of sp³-hybridized carbons (Fsp3) is 0.333. The highest BCUT2D eigenvalue weighted by atomic mass is 19.4. The van der Waals surface area contributed by atoms with Gasteiger partial charge in [-0.15, -0.1) is 0 Å². The fourth-order valence-corrected chi connectivity index (χ4v) is 4.44. The minimum absolute atomic E-state index is 0.151. The molecular formula is C30H17F17N2O5-2. The van der Waals surface area contributed by atoms with Crippen molar-refractivity contribution in [1.82, 2.24) is 0 Å². The first-order chi connectivity index (χ1) is 24.4. The monoisotopic (exact) mass is 808 g/mol. The van der Waals surface area contributed by atoms with E-state index in [1.54, 1.807) is 0 Å². The molecule has 24 heteroatoms. The van der Waals surface area contributed by atoms with Crippen molar-refractivity contribution in [2.24, 2.45) is 0 Å². The minimum atomic E-state index is -8.79. The number of ether oxygens (including phenoxy) is 1. The molecule has 54 heavy (non-hydrogen) atoms. The molecule has 7 nitrogen and oxygen atoms in total. The van der Waals surface area contributed by atoms with Gasteiger partial charge in [0, 0.05) is 17.1 Å². The Morgan fingerprint density at radius 2 is 0.889 bits per heavy atom. The molecule has 0 saturated carbocycles. The molecule has 0 aromatic heterocycles. The third-order valence-corrected chi connectivity index (χ3v) is 7.30. The van der Waals surface area contributed by atoms with Crippen molar-refractivity contribution in [2.45, 2.75) is 54.1 Å². The van der Waals surface area contributed by atoms with Crippen LogP contribution in [0.1, 0.15) is 6.42 Å². The Morgan fingerprint density at radius 3 is 1.30 bits per heavy atom. The molecule has 0 bridgehead atoms. The van der Waals surface area contributed by atoms with Crippen molar-refractivity contribution in [3.05, 3.63) is 78.9 Å². The lowest BCUT2D eigenvalue weighted by Crippen LogP contribution is -2.74. The van der Waals surface area contributed by atoms with Gasteiger partial charge in [-0.3, -0.25) is 9.80 Å². The van der Waals surface area contributed by atoms with Gasteiger partial charge in [0.25, 0.3) is 0 Å². The zero-order valence-corrected chi connectivity index (χ0v) is 25.8. The van der Waals surface area contributed by atoms with Gasteiger partial charge in [0.15, 0.2) is 0 Å². The van der Waals surface area contributed by atoms with Crippen LogP contribution in [-0.2, 0) is 0 Å². The molecule has 0 fully saturated rings. The molecule has 0 spiro atoms. The number of nitrogens with zero attached hydrogens (tertiary/aromatic N) is 2. The number of para-hydroxylation sites is 2. The van der Waals surface area contributed by atoms with Crippen LogP contribution in [0.5, 0.6) is 5.75 Å². The highest BCUT2D eigenvalue weighted by Gasteiger charge is 2.95. The quantitative estimate of drug-likeness (QED) is 0.153. The van der Waals surface area contributed by atoms with E-state index in [0.29, 0.717) is 17.0 Å². The van der Waals surface area contributed by atoms with Gasteiger partial charge in [-0.05, 0) is 42.5 Å². The number of rotatable bonds is 14. The van der Waals surface area contributed by atoms with Crippen molar-refractivity contribution in [3.63, 3.8) is 0 Å². The molecule has 0 N–H and O–H groups in total. The molecule has 0 radical (unpaired) electrons. The number of alkyl halides is 17. The predicted molar refractivity (Wildman–Crippen MR) is 145 cm³/mol. The first kappa shape index (κ1) is 43.2. The van der Waals surface area contributed by atoms with Crippen LogP contribution in [0.25, 0.3) is 0 Å². The summed E-state index contributed by atoms with van der Waals surface area (Å²) in [5.41, 5.74) is -1.92. The van der Waals surface area contributed by atoms with Gasteiger partial charge in [-0.1, -0.05) is 36.4 Å². The number of hydrogen-bond acceptors (Lipinski definition) is 5. The molecule has 298 valence electrons. The molecule has 0 unspecified atom stereocenters. The molecule has 0 aliphatic carbocycles. The summed E-state index contributed by atoms with van der Waals surface area (Å²) in [6.07, 6.45) is -15.0. The van der Waals surface area contributed by atoms with Gasteiger partial charge in [-0.25, -0.2) is 0 Å².